The van der Waals surface area contributed by atoms with Gasteiger partial charge in [0.25, 0.3) is 0 Å². The largest absolute Gasteiger partial charge is 0.327 e. The molecule has 0 aliphatic heterocycles. The van der Waals surface area contributed by atoms with Crippen LogP contribution < -0.4 is 11.5 Å². The van der Waals surface area contributed by atoms with Crippen LogP contribution >= 0.6 is 0 Å². The van der Waals surface area contributed by atoms with Gasteiger partial charge in [0.05, 0.1) is 0 Å². The van der Waals surface area contributed by atoms with E-state index in [9.17, 15) is 0 Å². The Labute approximate surface area is 155 Å². The summed E-state index contributed by atoms with van der Waals surface area (Å²) in [5.74, 6) is 5.70. The average molecular weight is 347 g/mol. The van der Waals surface area contributed by atoms with Gasteiger partial charge < -0.3 is 11.5 Å². The molecule has 3 unspecified atom stereocenters. The van der Waals surface area contributed by atoms with Crippen molar-refractivity contribution < 1.29 is 0 Å². The third-order valence-electron chi connectivity index (χ3n) is 10.7. The monoisotopic (exact) mass is 346 g/mol. The lowest BCUT2D eigenvalue weighted by Crippen LogP contribution is -2.57. The third-order valence-corrected chi connectivity index (χ3v) is 10.7. The molecule has 4 aliphatic carbocycles. The van der Waals surface area contributed by atoms with E-state index in [1.165, 1.54) is 25.7 Å². The van der Waals surface area contributed by atoms with Gasteiger partial charge >= 0.3 is 0 Å². The zero-order valence-corrected chi connectivity index (χ0v) is 17.7. The predicted molar refractivity (Wildman–Crippen MR) is 106 cm³/mol. The molecule has 0 aromatic carbocycles. The zero-order valence-electron chi connectivity index (χ0n) is 17.7. The summed E-state index contributed by atoms with van der Waals surface area (Å²) >= 11 is 0. The summed E-state index contributed by atoms with van der Waals surface area (Å²) in [6.45, 7) is 17.1. The molecule has 4 fully saturated rings. The Kier molecular flexibility index (Phi) is 3.84. The van der Waals surface area contributed by atoms with Crippen LogP contribution in [-0.2, 0) is 0 Å². The molecule has 2 nitrogen and oxygen atoms in total. The lowest BCUT2D eigenvalue weighted by atomic mass is 9.51. The highest BCUT2D eigenvalue weighted by Gasteiger charge is 2.67. The van der Waals surface area contributed by atoms with Crippen molar-refractivity contribution in [1.82, 2.24) is 0 Å². The van der Waals surface area contributed by atoms with E-state index in [4.69, 9.17) is 11.5 Å². The standard InChI is InChI=1S/C23H42N2/c1-12(2)22(6)17-10-13(19(22)24)8-15(17)16-9-14-11-18(16)23(7,20(14)25)21(3,4)5/h12-20H,8-11,24-25H2,1-7H3/t13-,14+,15?,16?,17-,18+,19-,20+,22+,23?/m0/s1. The topological polar surface area (TPSA) is 52.0 Å². The first-order valence-corrected chi connectivity index (χ1v) is 10.9. The van der Waals surface area contributed by atoms with E-state index >= 15 is 0 Å². The normalized spacial score (nSPS) is 57.8. The Bertz CT molecular complexity index is 549. The molecule has 25 heavy (non-hydrogen) atoms. The van der Waals surface area contributed by atoms with Gasteiger partial charge in [-0.1, -0.05) is 48.5 Å². The van der Waals surface area contributed by atoms with Gasteiger partial charge in [-0.05, 0) is 83.4 Å². The third kappa shape index (κ3) is 2.05. The first kappa shape index (κ1) is 18.3. The highest BCUT2D eigenvalue weighted by atomic mass is 14.8. The summed E-state index contributed by atoms with van der Waals surface area (Å²) in [5, 5.41) is 0. The summed E-state index contributed by atoms with van der Waals surface area (Å²) in [6, 6.07) is 0.815. The summed E-state index contributed by atoms with van der Waals surface area (Å²) in [6.07, 6.45) is 5.58. The van der Waals surface area contributed by atoms with Crippen molar-refractivity contribution in [3.8, 4) is 0 Å². The highest BCUT2D eigenvalue weighted by Crippen LogP contribution is 2.70. The van der Waals surface area contributed by atoms with E-state index < -0.39 is 0 Å². The fraction of sp³-hybridized carbons (Fsp3) is 1.00. The maximum atomic E-state index is 6.82. The molecule has 144 valence electrons. The molecular formula is C23H42N2. The van der Waals surface area contributed by atoms with Crippen LogP contribution in [0.25, 0.3) is 0 Å². The second kappa shape index (κ2) is 5.25. The fourth-order valence-corrected chi connectivity index (χ4v) is 8.52. The van der Waals surface area contributed by atoms with E-state index in [0.29, 0.717) is 34.2 Å². The molecule has 4 bridgehead atoms. The van der Waals surface area contributed by atoms with Crippen LogP contribution in [0.3, 0.4) is 0 Å². The van der Waals surface area contributed by atoms with Crippen molar-refractivity contribution in [3.63, 3.8) is 0 Å². The molecule has 0 spiro atoms. The van der Waals surface area contributed by atoms with Gasteiger partial charge in [0, 0.05) is 12.1 Å². The maximum absolute atomic E-state index is 6.82. The lowest BCUT2D eigenvalue weighted by Gasteiger charge is -2.55. The Morgan fingerprint density at radius 1 is 0.800 bits per heavy atom. The first-order valence-electron chi connectivity index (χ1n) is 10.9. The molecule has 4 aliphatic rings. The predicted octanol–water partition coefficient (Wildman–Crippen LogP) is 4.67. The minimum absolute atomic E-state index is 0.290. The molecule has 0 amide bonds. The SMILES string of the molecule is CC(C)[C@]1(C)[C@H]2C[C@H](CC2C2C[C@@H]3C[C@H]2C(C)(C(C)(C)C)[C@@H]3N)[C@@H]1N. The minimum atomic E-state index is 0.290. The number of hydrogen-bond donors (Lipinski definition) is 2. The van der Waals surface area contributed by atoms with E-state index in [1.807, 2.05) is 0 Å². The molecule has 4 rings (SSSR count). The maximum Gasteiger partial charge on any atom is 0.0129 e. The molecule has 4 saturated carbocycles. The quantitative estimate of drug-likeness (QED) is 0.763. The van der Waals surface area contributed by atoms with Crippen molar-refractivity contribution in [1.29, 1.82) is 0 Å². The van der Waals surface area contributed by atoms with Crippen LogP contribution in [0.2, 0.25) is 0 Å². The first-order chi connectivity index (χ1) is 11.4. The van der Waals surface area contributed by atoms with Crippen LogP contribution in [-0.4, -0.2) is 12.1 Å². The summed E-state index contributed by atoms with van der Waals surface area (Å²) < 4.78 is 0. The van der Waals surface area contributed by atoms with Gasteiger partial charge in [0.1, 0.15) is 0 Å². The Hall–Kier alpha value is -0.0800. The molecule has 0 aromatic rings. The molecule has 2 heteroatoms. The molecule has 10 atom stereocenters. The minimum Gasteiger partial charge on any atom is -0.327 e. The van der Waals surface area contributed by atoms with Crippen molar-refractivity contribution >= 4 is 0 Å². The van der Waals surface area contributed by atoms with Gasteiger partial charge in [-0.25, -0.2) is 0 Å². The Morgan fingerprint density at radius 3 is 1.72 bits per heavy atom. The molecule has 0 radical (unpaired) electrons. The second-order valence-corrected chi connectivity index (χ2v) is 12.1. The molecule has 0 aromatic heterocycles. The van der Waals surface area contributed by atoms with Gasteiger partial charge in [0.15, 0.2) is 0 Å². The highest BCUT2D eigenvalue weighted by molar-refractivity contribution is 5.18. The zero-order chi connectivity index (χ0) is 18.5. The van der Waals surface area contributed by atoms with Crippen LogP contribution in [0.5, 0.6) is 0 Å². The second-order valence-electron chi connectivity index (χ2n) is 12.1. The molecule has 4 N–H and O–H groups in total. The molecule has 0 saturated heterocycles. The van der Waals surface area contributed by atoms with Crippen molar-refractivity contribution in [2.75, 3.05) is 0 Å². The summed E-state index contributed by atoms with van der Waals surface area (Å²) in [4.78, 5) is 0. The lowest BCUT2D eigenvalue weighted by molar-refractivity contribution is -0.0539. The van der Waals surface area contributed by atoms with E-state index in [-0.39, 0.29) is 0 Å². The van der Waals surface area contributed by atoms with Crippen molar-refractivity contribution in [3.05, 3.63) is 0 Å². The van der Waals surface area contributed by atoms with Crippen LogP contribution in [0.15, 0.2) is 0 Å². The Morgan fingerprint density at radius 2 is 1.28 bits per heavy atom. The summed E-state index contributed by atoms with van der Waals surface area (Å²) in [5.41, 5.74) is 14.5. The number of hydrogen-bond acceptors (Lipinski definition) is 2. The van der Waals surface area contributed by atoms with Crippen LogP contribution in [0.4, 0.5) is 0 Å². The van der Waals surface area contributed by atoms with Crippen molar-refractivity contribution in [2.24, 2.45) is 69.1 Å². The van der Waals surface area contributed by atoms with Crippen LogP contribution in [0, 0.1) is 57.7 Å². The smallest absolute Gasteiger partial charge is 0.0129 e. The average Bonchev–Trinajstić information content (AvgIpc) is 3.22. The number of fused-ring (bicyclic) bond motifs is 4. The Balaban J connectivity index is 1.65. The van der Waals surface area contributed by atoms with E-state index in [0.717, 1.165) is 35.5 Å². The van der Waals surface area contributed by atoms with Gasteiger partial charge in [0.2, 0.25) is 0 Å². The molecule has 0 heterocycles. The van der Waals surface area contributed by atoms with Gasteiger partial charge in [-0.15, -0.1) is 0 Å². The van der Waals surface area contributed by atoms with Crippen molar-refractivity contribution in [2.45, 2.75) is 86.2 Å². The number of rotatable bonds is 2. The van der Waals surface area contributed by atoms with Gasteiger partial charge in [-0.3, -0.25) is 0 Å². The fourth-order valence-electron chi connectivity index (χ4n) is 8.52. The number of nitrogens with two attached hydrogens (primary N) is 2. The van der Waals surface area contributed by atoms with Gasteiger partial charge in [-0.2, -0.15) is 0 Å². The van der Waals surface area contributed by atoms with E-state index in [2.05, 4.69) is 48.5 Å². The molecular weight excluding hydrogens is 304 g/mol. The van der Waals surface area contributed by atoms with Crippen LogP contribution in [0.1, 0.15) is 74.1 Å². The summed E-state index contributed by atoms with van der Waals surface area (Å²) in [7, 11) is 0. The van der Waals surface area contributed by atoms with E-state index in [1.54, 1.807) is 0 Å².